The first kappa shape index (κ1) is 19.9. The zero-order valence-corrected chi connectivity index (χ0v) is 16.2. The summed E-state index contributed by atoms with van der Waals surface area (Å²) in [4.78, 5) is 14.6. The van der Waals surface area contributed by atoms with Gasteiger partial charge in [-0.2, -0.15) is 0 Å². The second-order valence-electron chi connectivity index (χ2n) is 6.51. The summed E-state index contributed by atoms with van der Waals surface area (Å²) in [6.07, 6.45) is 2.09. The molecule has 0 fully saturated rings. The lowest BCUT2D eigenvalue weighted by molar-refractivity contribution is 0.311. The summed E-state index contributed by atoms with van der Waals surface area (Å²) in [5.41, 5.74) is 8.87. The van der Waals surface area contributed by atoms with Crippen LogP contribution in [0.4, 0.5) is 10.1 Å². The van der Waals surface area contributed by atoms with Gasteiger partial charge in [-0.3, -0.25) is 4.40 Å². The molecule has 0 atom stereocenters. The summed E-state index contributed by atoms with van der Waals surface area (Å²) in [5, 5.41) is 4.30. The average molecular weight is 406 g/mol. The predicted molar refractivity (Wildman–Crippen MR) is 109 cm³/mol. The number of nitrogens with zero attached hydrogens (tertiary/aromatic N) is 4. The number of benzene rings is 1. The van der Waals surface area contributed by atoms with E-state index in [0.29, 0.717) is 24.2 Å². The number of likely N-dealkylation sites (N-methyl/N-ethyl adjacent to an activating group) is 1. The molecule has 1 aliphatic rings. The molecule has 0 radical (unpaired) electrons. The van der Waals surface area contributed by atoms with Gasteiger partial charge in [0.2, 0.25) is 0 Å². The number of hydrogen-bond donors (Lipinski definition) is 1. The van der Waals surface area contributed by atoms with Crippen LogP contribution in [0.2, 0.25) is 0 Å². The maximum absolute atomic E-state index is 12.8. The number of anilines is 1. The number of pyridine rings is 1. The molecule has 4 rings (SSSR count). The smallest absolute Gasteiger partial charge is 0.350 e. The van der Waals surface area contributed by atoms with Gasteiger partial charge in [-0.25, -0.2) is 13.9 Å². The molecule has 148 valence electrons. The van der Waals surface area contributed by atoms with Crippen LogP contribution < -0.4 is 21.1 Å². The number of rotatable bonds is 4. The molecule has 9 heteroatoms. The van der Waals surface area contributed by atoms with Crippen LogP contribution in [0.3, 0.4) is 0 Å². The van der Waals surface area contributed by atoms with Crippen molar-refractivity contribution in [2.75, 3.05) is 31.6 Å². The molecule has 2 aromatic heterocycles. The van der Waals surface area contributed by atoms with Gasteiger partial charge < -0.3 is 15.4 Å². The fourth-order valence-electron chi connectivity index (χ4n) is 3.17. The Kier molecular flexibility index (Phi) is 5.71. The van der Waals surface area contributed by atoms with Gasteiger partial charge in [0.15, 0.2) is 5.65 Å². The molecule has 3 heterocycles. The Hall–Kier alpha value is -2.84. The fraction of sp³-hybridized carbons (Fsp3) is 0.263. The Morgan fingerprint density at radius 2 is 2.11 bits per heavy atom. The van der Waals surface area contributed by atoms with Gasteiger partial charge in [0.1, 0.15) is 12.4 Å². The number of nitrogens with two attached hydrogens (primary N) is 1. The molecule has 0 aliphatic carbocycles. The number of halogens is 2. The highest BCUT2D eigenvalue weighted by atomic mass is 35.5. The number of hydrogen-bond acceptors (Lipinski definition) is 5. The second kappa shape index (κ2) is 8.04. The first-order valence-corrected chi connectivity index (χ1v) is 8.66. The van der Waals surface area contributed by atoms with Crippen molar-refractivity contribution in [2.24, 2.45) is 5.73 Å². The SMILES string of the molecule is CN1CCOc2cc(-c3ccn4c(=O)n(C/C(=C/F)CN)nc4c3)ccc21.Cl. The topological polar surface area (TPSA) is 77.8 Å². The van der Waals surface area contributed by atoms with Crippen LogP contribution in [0, 0.1) is 0 Å². The first-order valence-electron chi connectivity index (χ1n) is 8.66. The van der Waals surface area contributed by atoms with Crippen molar-refractivity contribution in [3.05, 3.63) is 58.9 Å². The zero-order chi connectivity index (χ0) is 19.0. The Morgan fingerprint density at radius 1 is 1.32 bits per heavy atom. The molecule has 0 spiro atoms. The van der Waals surface area contributed by atoms with E-state index in [-0.39, 0.29) is 31.2 Å². The highest BCUT2D eigenvalue weighted by molar-refractivity contribution is 5.85. The van der Waals surface area contributed by atoms with Crippen molar-refractivity contribution >= 4 is 23.7 Å². The third kappa shape index (κ3) is 3.48. The highest BCUT2D eigenvalue weighted by Gasteiger charge is 2.16. The summed E-state index contributed by atoms with van der Waals surface area (Å²) >= 11 is 0. The number of fused-ring (bicyclic) bond motifs is 2. The average Bonchev–Trinajstić information content (AvgIpc) is 3.01. The monoisotopic (exact) mass is 405 g/mol. The minimum absolute atomic E-state index is 0. The normalized spacial score (nSPS) is 13.8. The fourth-order valence-corrected chi connectivity index (χ4v) is 3.17. The van der Waals surface area contributed by atoms with Crippen molar-refractivity contribution < 1.29 is 9.13 Å². The molecule has 28 heavy (non-hydrogen) atoms. The van der Waals surface area contributed by atoms with E-state index in [9.17, 15) is 9.18 Å². The summed E-state index contributed by atoms with van der Waals surface area (Å²) < 4.78 is 21.2. The van der Waals surface area contributed by atoms with Crippen molar-refractivity contribution in [3.8, 4) is 16.9 Å². The molecule has 7 nitrogen and oxygen atoms in total. The van der Waals surface area contributed by atoms with Gasteiger partial charge in [0.05, 0.1) is 25.1 Å². The van der Waals surface area contributed by atoms with Crippen LogP contribution in [0.5, 0.6) is 5.75 Å². The van der Waals surface area contributed by atoms with Gasteiger partial charge in [0, 0.05) is 19.8 Å². The van der Waals surface area contributed by atoms with E-state index in [1.165, 1.54) is 9.08 Å². The van der Waals surface area contributed by atoms with Crippen molar-refractivity contribution in [2.45, 2.75) is 6.54 Å². The molecule has 1 aromatic carbocycles. The minimum atomic E-state index is -0.334. The highest BCUT2D eigenvalue weighted by Crippen LogP contribution is 2.35. The predicted octanol–water partition coefficient (Wildman–Crippen LogP) is 2.23. The van der Waals surface area contributed by atoms with E-state index in [1.807, 2.05) is 37.4 Å². The number of aromatic nitrogens is 3. The van der Waals surface area contributed by atoms with E-state index < -0.39 is 0 Å². The molecule has 0 amide bonds. The largest absolute Gasteiger partial charge is 0.490 e. The lowest BCUT2D eigenvalue weighted by atomic mass is 10.1. The molecule has 1 aliphatic heterocycles. The van der Waals surface area contributed by atoms with Crippen molar-refractivity contribution in [1.82, 2.24) is 14.2 Å². The summed E-state index contributed by atoms with van der Waals surface area (Å²) in [5.74, 6) is 0.838. The van der Waals surface area contributed by atoms with Crippen LogP contribution in [-0.4, -0.2) is 40.9 Å². The molecule has 2 N–H and O–H groups in total. The Bertz CT molecular complexity index is 1090. The van der Waals surface area contributed by atoms with Crippen molar-refractivity contribution in [3.63, 3.8) is 0 Å². The lowest BCUT2D eigenvalue weighted by Gasteiger charge is -2.28. The van der Waals surface area contributed by atoms with E-state index in [2.05, 4.69) is 10.00 Å². The van der Waals surface area contributed by atoms with E-state index in [1.54, 1.807) is 6.20 Å². The maximum atomic E-state index is 12.8. The third-order valence-electron chi connectivity index (χ3n) is 4.74. The lowest BCUT2D eigenvalue weighted by Crippen LogP contribution is -2.28. The van der Waals surface area contributed by atoms with Crippen molar-refractivity contribution in [1.29, 1.82) is 0 Å². The molecular formula is C19H21ClFN5O2. The maximum Gasteiger partial charge on any atom is 0.350 e. The summed E-state index contributed by atoms with van der Waals surface area (Å²) in [6.45, 7) is 1.57. The quantitative estimate of drug-likeness (QED) is 0.720. The van der Waals surface area contributed by atoms with Gasteiger partial charge in [-0.05, 0) is 41.0 Å². The van der Waals surface area contributed by atoms with Gasteiger partial charge in [0.25, 0.3) is 0 Å². The second-order valence-corrected chi connectivity index (χ2v) is 6.51. The van der Waals surface area contributed by atoms with Gasteiger partial charge in [-0.15, -0.1) is 17.5 Å². The molecule has 0 saturated heterocycles. The Morgan fingerprint density at radius 3 is 2.86 bits per heavy atom. The van der Waals surface area contributed by atoms with Crippen LogP contribution in [0.25, 0.3) is 16.8 Å². The van der Waals surface area contributed by atoms with Gasteiger partial charge >= 0.3 is 5.69 Å². The minimum Gasteiger partial charge on any atom is -0.490 e. The third-order valence-corrected chi connectivity index (χ3v) is 4.74. The molecular weight excluding hydrogens is 385 g/mol. The van der Waals surface area contributed by atoms with Crippen LogP contribution in [-0.2, 0) is 6.54 Å². The standard InChI is InChI=1S/C19H20FN5O2.ClH/c1-23-6-7-27-17-8-14(2-3-16(17)23)15-4-5-24-18(9-15)22-25(19(24)26)12-13(10-20)11-21;/h2-5,8-10H,6-7,11-12,21H2,1H3;1H/b13-10+;. The van der Waals surface area contributed by atoms with Crippen LogP contribution >= 0.6 is 12.4 Å². The zero-order valence-electron chi connectivity index (χ0n) is 15.3. The van der Waals surface area contributed by atoms with E-state index >= 15 is 0 Å². The van der Waals surface area contributed by atoms with E-state index in [0.717, 1.165) is 29.1 Å². The molecule has 0 bridgehead atoms. The Labute approximate surface area is 167 Å². The molecule has 0 unspecified atom stereocenters. The Balaban J connectivity index is 0.00000225. The first-order chi connectivity index (χ1) is 13.1. The molecule has 3 aromatic rings. The molecule has 0 saturated carbocycles. The van der Waals surface area contributed by atoms with E-state index in [4.69, 9.17) is 10.5 Å². The summed E-state index contributed by atoms with van der Waals surface area (Å²) in [7, 11) is 2.04. The van der Waals surface area contributed by atoms with Gasteiger partial charge in [-0.1, -0.05) is 6.07 Å². The summed E-state index contributed by atoms with van der Waals surface area (Å²) in [6, 6.07) is 9.71. The van der Waals surface area contributed by atoms with Crippen LogP contribution in [0.1, 0.15) is 0 Å². The van der Waals surface area contributed by atoms with Crippen LogP contribution in [0.15, 0.2) is 53.2 Å². The number of ether oxygens (including phenoxy) is 1.